The number of amides is 1. The Labute approximate surface area is 181 Å². The number of aryl methyl sites for hydroxylation is 1. The first kappa shape index (κ1) is 25.8. The highest BCUT2D eigenvalue weighted by Gasteiger charge is 2.49. The molecule has 1 amide bonds. The van der Waals surface area contributed by atoms with Crippen molar-refractivity contribution in [2.24, 2.45) is 0 Å². The Hall–Kier alpha value is -2.50. The number of anilines is 1. The Balaban J connectivity index is 2.75. The van der Waals surface area contributed by atoms with E-state index in [1.54, 1.807) is 6.92 Å². The number of alkyl halides is 3. The SMILES string of the molecule is CCOC(=O)C(=O)N1c2c(cc(C(F)(F)F)cc2[N+](=O)[O-])CCC1P(=O)(O)OC(C)CC. The summed E-state index contributed by atoms with van der Waals surface area (Å²) in [4.78, 5) is 46.4. The average Bonchev–Trinajstić information content (AvgIpc) is 2.70. The number of carbonyl (C=O) groups is 2. The number of nitro benzene ring substituents is 1. The number of halogens is 3. The van der Waals surface area contributed by atoms with Gasteiger partial charge >= 0.3 is 25.6 Å². The number of carbonyl (C=O) groups excluding carboxylic acids is 2. The van der Waals surface area contributed by atoms with Crippen LogP contribution in [-0.2, 0) is 36.0 Å². The molecular formula is C18H22F3N2O8P. The molecule has 32 heavy (non-hydrogen) atoms. The highest BCUT2D eigenvalue weighted by Crippen LogP contribution is 2.56. The van der Waals surface area contributed by atoms with E-state index in [4.69, 9.17) is 4.52 Å². The van der Waals surface area contributed by atoms with E-state index in [1.807, 2.05) is 0 Å². The lowest BCUT2D eigenvalue weighted by Gasteiger charge is -2.38. The van der Waals surface area contributed by atoms with Crippen molar-refractivity contribution in [3.63, 3.8) is 0 Å². The van der Waals surface area contributed by atoms with Crippen LogP contribution in [0.25, 0.3) is 0 Å². The number of hydrogen-bond donors (Lipinski definition) is 1. The van der Waals surface area contributed by atoms with Crippen molar-refractivity contribution in [2.45, 2.75) is 58.1 Å². The van der Waals surface area contributed by atoms with Gasteiger partial charge in [-0.3, -0.25) is 24.4 Å². The van der Waals surface area contributed by atoms with Crippen molar-refractivity contribution >= 4 is 30.8 Å². The molecule has 0 bridgehead atoms. The summed E-state index contributed by atoms with van der Waals surface area (Å²) in [6, 6.07) is 0.826. The molecule has 1 aromatic rings. The van der Waals surface area contributed by atoms with E-state index in [9.17, 15) is 42.3 Å². The molecule has 1 aliphatic rings. The molecule has 0 radical (unpaired) electrons. The van der Waals surface area contributed by atoms with Crippen molar-refractivity contribution in [1.29, 1.82) is 0 Å². The Morgan fingerprint density at radius 1 is 1.38 bits per heavy atom. The lowest BCUT2D eigenvalue weighted by Crippen LogP contribution is -2.48. The van der Waals surface area contributed by atoms with E-state index in [2.05, 4.69) is 4.74 Å². The van der Waals surface area contributed by atoms with Crippen LogP contribution in [0.2, 0.25) is 0 Å². The van der Waals surface area contributed by atoms with Gasteiger partial charge in [0.25, 0.3) is 5.69 Å². The molecule has 0 saturated heterocycles. The maximum absolute atomic E-state index is 13.3. The monoisotopic (exact) mass is 482 g/mol. The highest BCUT2D eigenvalue weighted by atomic mass is 31.2. The second-order valence-electron chi connectivity index (χ2n) is 7.06. The second kappa shape index (κ2) is 9.55. The molecule has 0 saturated carbocycles. The van der Waals surface area contributed by atoms with Crippen LogP contribution >= 0.6 is 7.60 Å². The first-order valence-corrected chi connectivity index (χ1v) is 11.3. The molecule has 14 heteroatoms. The molecule has 1 aliphatic heterocycles. The fraction of sp³-hybridized carbons (Fsp3) is 0.556. The van der Waals surface area contributed by atoms with Gasteiger partial charge in [-0.25, -0.2) is 4.79 Å². The zero-order valence-electron chi connectivity index (χ0n) is 17.4. The summed E-state index contributed by atoms with van der Waals surface area (Å²) in [7, 11) is -4.71. The van der Waals surface area contributed by atoms with Crippen molar-refractivity contribution < 1.29 is 46.4 Å². The van der Waals surface area contributed by atoms with Gasteiger partial charge in [-0.1, -0.05) is 6.92 Å². The van der Waals surface area contributed by atoms with Crippen LogP contribution in [0.5, 0.6) is 0 Å². The first-order chi connectivity index (χ1) is 14.7. The fourth-order valence-corrected chi connectivity index (χ4v) is 5.02. The van der Waals surface area contributed by atoms with E-state index in [0.29, 0.717) is 17.4 Å². The number of esters is 1. The summed E-state index contributed by atoms with van der Waals surface area (Å²) >= 11 is 0. The van der Waals surface area contributed by atoms with Gasteiger partial charge in [0.2, 0.25) is 0 Å². The Bertz CT molecular complexity index is 968. The highest BCUT2D eigenvalue weighted by molar-refractivity contribution is 7.53. The van der Waals surface area contributed by atoms with Crippen LogP contribution in [0.1, 0.15) is 44.7 Å². The van der Waals surface area contributed by atoms with E-state index in [-0.39, 0.29) is 31.1 Å². The average molecular weight is 482 g/mol. The van der Waals surface area contributed by atoms with Crippen LogP contribution in [0, 0.1) is 10.1 Å². The molecule has 0 spiro atoms. The number of nitro groups is 1. The summed E-state index contributed by atoms with van der Waals surface area (Å²) < 4.78 is 62.5. The van der Waals surface area contributed by atoms with Crippen LogP contribution in [0.4, 0.5) is 24.5 Å². The van der Waals surface area contributed by atoms with E-state index < -0.39 is 59.4 Å². The van der Waals surface area contributed by atoms with Crippen molar-refractivity contribution in [1.82, 2.24) is 0 Å². The van der Waals surface area contributed by atoms with E-state index in [0.717, 1.165) is 0 Å². The number of benzene rings is 1. The molecule has 0 aromatic heterocycles. The molecule has 10 nitrogen and oxygen atoms in total. The van der Waals surface area contributed by atoms with Crippen LogP contribution in [0.3, 0.4) is 0 Å². The molecule has 1 aromatic carbocycles. The fourth-order valence-electron chi connectivity index (χ4n) is 3.25. The number of hydrogen-bond acceptors (Lipinski definition) is 7. The number of fused-ring (bicyclic) bond motifs is 1. The predicted octanol–water partition coefficient (Wildman–Crippen LogP) is 3.78. The summed E-state index contributed by atoms with van der Waals surface area (Å²) in [5, 5.41) is 11.6. The molecule has 3 unspecified atom stereocenters. The third-order valence-electron chi connectivity index (χ3n) is 4.85. The normalized spacial score (nSPS) is 19.0. The van der Waals surface area contributed by atoms with E-state index in [1.165, 1.54) is 13.8 Å². The van der Waals surface area contributed by atoms with Crippen LogP contribution in [0.15, 0.2) is 12.1 Å². The van der Waals surface area contributed by atoms with Gasteiger partial charge < -0.3 is 14.2 Å². The Morgan fingerprint density at radius 2 is 2.00 bits per heavy atom. The summed E-state index contributed by atoms with van der Waals surface area (Å²) in [6.07, 6.45) is -6.02. The zero-order chi connectivity index (χ0) is 24.4. The quantitative estimate of drug-likeness (QED) is 0.213. The van der Waals surface area contributed by atoms with Crippen LogP contribution in [-0.4, -0.2) is 40.2 Å². The topological polar surface area (TPSA) is 136 Å². The number of nitrogens with zero attached hydrogens (tertiary/aromatic N) is 2. The zero-order valence-corrected chi connectivity index (χ0v) is 18.3. The van der Waals surface area contributed by atoms with Gasteiger partial charge in [-0.2, -0.15) is 13.2 Å². The van der Waals surface area contributed by atoms with Crippen molar-refractivity contribution in [3.05, 3.63) is 33.4 Å². The Kier molecular flexibility index (Phi) is 7.69. The van der Waals surface area contributed by atoms with Gasteiger partial charge in [-0.05, 0) is 44.7 Å². The molecule has 178 valence electrons. The molecule has 1 N–H and O–H groups in total. The van der Waals surface area contributed by atoms with E-state index >= 15 is 0 Å². The maximum Gasteiger partial charge on any atom is 0.416 e. The van der Waals surface area contributed by atoms with Gasteiger partial charge in [0.1, 0.15) is 11.5 Å². The molecular weight excluding hydrogens is 460 g/mol. The molecule has 0 fully saturated rings. The minimum Gasteiger partial charge on any atom is -0.459 e. The van der Waals surface area contributed by atoms with Crippen molar-refractivity contribution in [2.75, 3.05) is 11.5 Å². The maximum atomic E-state index is 13.3. The summed E-state index contributed by atoms with van der Waals surface area (Å²) in [5.41, 5.74) is -3.41. The Morgan fingerprint density at radius 3 is 2.50 bits per heavy atom. The first-order valence-electron chi connectivity index (χ1n) is 9.64. The number of rotatable bonds is 6. The summed E-state index contributed by atoms with van der Waals surface area (Å²) in [6.45, 7) is 4.28. The van der Waals surface area contributed by atoms with Gasteiger partial charge in [0.15, 0.2) is 0 Å². The minimum absolute atomic E-state index is 0.213. The van der Waals surface area contributed by atoms with Crippen molar-refractivity contribution in [3.8, 4) is 0 Å². The summed E-state index contributed by atoms with van der Waals surface area (Å²) in [5.74, 6) is -4.75. The third-order valence-corrected chi connectivity index (χ3v) is 6.76. The largest absolute Gasteiger partial charge is 0.459 e. The predicted molar refractivity (Wildman–Crippen MR) is 105 cm³/mol. The smallest absolute Gasteiger partial charge is 0.416 e. The molecule has 3 atom stereocenters. The van der Waals surface area contributed by atoms with Crippen LogP contribution < -0.4 is 4.90 Å². The minimum atomic E-state index is -4.92. The third kappa shape index (κ3) is 5.28. The number of ether oxygens (including phenoxy) is 1. The van der Waals surface area contributed by atoms with Gasteiger partial charge in [0.05, 0.1) is 23.2 Å². The van der Waals surface area contributed by atoms with Gasteiger partial charge in [-0.15, -0.1) is 0 Å². The lowest BCUT2D eigenvalue weighted by molar-refractivity contribution is -0.384. The lowest BCUT2D eigenvalue weighted by atomic mass is 9.97. The molecule has 2 rings (SSSR count). The standard InChI is InChI=1S/C18H22F3N2O8P/c1-4-10(3)31-32(28,29)14-7-6-11-8-12(18(19,20)21)9-13(23(26)27)15(11)22(14)16(24)17(25)30-5-2/h8-10,14H,4-7H2,1-3H3,(H,28,29). The molecule has 1 heterocycles. The van der Waals surface area contributed by atoms with Gasteiger partial charge in [0, 0.05) is 6.07 Å². The second-order valence-corrected chi connectivity index (χ2v) is 9.00. The molecule has 0 aliphatic carbocycles.